The summed E-state index contributed by atoms with van der Waals surface area (Å²) in [5.74, 6) is -1.80. The topological polar surface area (TPSA) is 139 Å². The SMILES string of the molecule is CCOc1cc(/C=C2\C(=O)NC(=O)N(c3ccc(O)cc3)C2=O)cc(I)c1OS(=O)(=O)c1ccccc1. The van der Waals surface area contributed by atoms with E-state index >= 15 is 0 Å². The van der Waals surface area contributed by atoms with Gasteiger partial charge in [0.2, 0.25) is 0 Å². The molecule has 37 heavy (non-hydrogen) atoms. The predicted octanol–water partition coefficient (Wildman–Crippen LogP) is 3.83. The molecule has 12 heteroatoms. The van der Waals surface area contributed by atoms with Gasteiger partial charge in [-0.25, -0.2) is 9.69 Å². The van der Waals surface area contributed by atoms with Crippen molar-refractivity contribution in [1.82, 2.24) is 5.32 Å². The van der Waals surface area contributed by atoms with Crippen LogP contribution in [0.3, 0.4) is 0 Å². The Balaban J connectivity index is 1.72. The van der Waals surface area contributed by atoms with Crippen LogP contribution in [-0.4, -0.2) is 38.0 Å². The van der Waals surface area contributed by atoms with Crippen LogP contribution in [0.15, 0.2) is 77.2 Å². The molecule has 1 saturated heterocycles. The van der Waals surface area contributed by atoms with Gasteiger partial charge in [0, 0.05) is 0 Å². The standard InChI is InChI=1S/C25H19IN2O8S/c1-2-35-21-14-15(13-20(26)22(21)36-37(33,34)18-6-4-3-5-7-18)12-19-23(30)27-25(32)28(24(19)31)16-8-10-17(29)11-9-16/h3-14,29H,2H2,1H3,(H,27,30,32)/b19-12+. The van der Waals surface area contributed by atoms with Crippen LogP contribution in [0.4, 0.5) is 10.5 Å². The Labute approximate surface area is 225 Å². The predicted molar refractivity (Wildman–Crippen MR) is 142 cm³/mol. The molecule has 0 radical (unpaired) electrons. The van der Waals surface area contributed by atoms with Crippen LogP contribution < -0.4 is 19.1 Å². The summed E-state index contributed by atoms with van der Waals surface area (Å²) in [6.07, 6.45) is 1.26. The van der Waals surface area contributed by atoms with Crippen LogP contribution in [0.2, 0.25) is 0 Å². The number of phenols is 1. The van der Waals surface area contributed by atoms with Gasteiger partial charge in [-0.2, -0.15) is 8.42 Å². The van der Waals surface area contributed by atoms with Gasteiger partial charge in [0.25, 0.3) is 11.8 Å². The summed E-state index contributed by atoms with van der Waals surface area (Å²) in [6.45, 7) is 1.88. The minimum Gasteiger partial charge on any atom is -0.508 e. The maximum absolute atomic E-state index is 13.1. The molecule has 1 aliphatic rings. The molecule has 2 N–H and O–H groups in total. The lowest BCUT2D eigenvalue weighted by molar-refractivity contribution is -0.122. The molecule has 10 nitrogen and oxygen atoms in total. The van der Waals surface area contributed by atoms with Crippen molar-refractivity contribution >= 4 is 62.3 Å². The first-order valence-electron chi connectivity index (χ1n) is 10.8. The molecule has 0 spiro atoms. The van der Waals surface area contributed by atoms with E-state index in [0.717, 1.165) is 4.90 Å². The fraction of sp³-hybridized carbons (Fsp3) is 0.0800. The molecule has 1 aliphatic heterocycles. The van der Waals surface area contributed by atoms with Gasteiger partial charge in [-0.15, -0.1) is 0 Å². The number of imide groups is 2. The number of urea groups is 1. The summed E-state index contributed by atoms with van der Waals surface area (Å²) < 4.78 is 36.9. The zero-order chi connectivity index (χ0) is 26.7. The van der Waals surface area contributed by atoms with Crippen LogP contribution in [0.25, 0.3) is 6.08 Å². The molecule has 0 atom stereocenters. The van der Waals surface area contributed by atoms with Crippen molar-refractivity contribution in [1.29, 1.82) is 0 Å². The number of carbonyl (C=O) groups is 3. The molecule has 3 aromatic carbocycles. The lowest BCUT2D eigenvalue weighted by atomic mass is 10.1. The number of aromatic hydroxyl groups is 1. The molecule has 0 saturated carbocycles. The minimum atomic E-state index is -4.16. The van der Waals surface area contributed by atoms with Crippen molar-refractivity contribution in [3.05, 3.63) is 81.4 Å². The molecule has 0 bridgehead atoms. The summed E-state index contributed by atoms with van der Waals surface area (Å²) in [4.78, 5) is 38.8. The van der Waals surface area contributed by atoms with E-state index in [4.69, 9.17) is 8.92 Å². The Morgan fingerprint density at radius 3 is 2.35 bits per heavy atom. The Morgan fingerprint density at radius 1 is 1.03 bits per heavy atom. The van der Waals surface area contributed by atoms with Crippen molar-refractivity contribution in [2.45, 2.75) is 11.8 Å². The second kappa shape index (κ2) is 10.6. The Hall–Kier alpha value is -3.91. The van der Waals surface area contributed by atoms with Gasteiger partial charge in [-0.3, -0.25) is 14.9 Å². The first-order valence-corrected chi connectivity index (χ1v) is 13.3. The molecule has 0 aromatic heterocycles. The van der Waals surface area contributed by atoms with Gasteiger partial charge in [-0.05, 0) is 89.7 Å². The number of anilines is 1. The van der Waals surface area contributed by atoms with Crippen molar-refractivity contribution in [3.8, 4) is 17.2 Å². The van der Waals surface area contributed by atoms with Crippen LogP contribution in [0.1, 0.15) is 12.5 Å². The Morgan fingerprint density at radius 2 is 1.70 bits per heavy atom. The number of phenolic OH excluding ortho intramolecular Hbond substituents is 1. The number of benzene rings is 3. The number of barbiturate groups is 1. The highest BCUT2D eigenvalue weighted by Crippen LogP contribution is 2.37. The zero-order valence-corrected chi connectivity index (χ0v) is 22.1. The number of amides is 4. The third-order valence-corrected chi connectivity index (χ3v) is 7.11. The number of carbonyl (C=O) groups excluding carboxylic acids is 3. The van der Waals surface area contributed by atoms with Crippen LogP contribution in [-0.2, 0) is 19.7 Å². The maximum atomic E-state index is 13.1. The Kier molecular flexibility index (Phi) is 7.50. The van der Waals surface area contributed by atoms with Crippen molar-refractivity contribution in [2.75, 3.05) is 11.5 Å². The lowest BCUT2D eigenvalue weighted by Gasteiger charge is -2.26. The van der Waals surface area contributed by atoms with Crippen LogP contribution in [0.5, 0.6) is 17.2 Å². The summed E-state index contributed by atoms with van der Waals surface area (Å²) in [7, 11) is -4.16. The summed E-state index contributed by atoms with van der Waals surface area (Å²) >= 11 is 1.86. The lowest BCUT2D eigenvalue weighted by Crippen LogP contribution is -2.54. The first-order chi connectivity index (χ1) is 17.6. The Bertz CT molecular complexity index is 1520. The monoisotopic (exact) mass is 634 g/mol. The minimum absolute atomic E-state index is 0.0390. The average Bonchev–Trinajstić information content (AvgIpc) is 2.85. The molecular weight excluding hydrogens is 615 g/mol. The highest BCUT2D eigenvalue weighted by atomic mass is 127. The second-order valence-electron chi connectivity index (χ2n) is 7.59. The average molecular weight is 634 g/mol. The van der Waals surface area contributed by atoms with Gasteiger partial charge in [0.15, 0.2) is 11.5 Å². The van der Waals surface area contributed by atoms with Gasteiger partial charge in [-0.1, -0.05) is 18.2 Å². The van der Waals surface area contributed by atoms with Gasteiger partial charge in [0.1, 0.15) is 16.2 Å². The number of halogens is 1. The first kappa shape index (κ1) is 26.2. The number of hydrogen-bond acceptors (Lipinski definition) is 8. The third-order valence-electron chi connectivity index (χ3n) is 5.08. The molecule has 190 valence electrons. The number of rotatable bonds is 7. The number of hydrogen-bond donors (Lipinski definition) is 2. The van der Waals surface area contributed by atoms with E-state index in [0.29, 0.717) is 9.13 Å². The molecule has 0 aliphatic carbocycles. The molecule has 0 unspecified atom stereocenters. The summed E-state index contributed by atoms with van der Waals surface area (Å²) in [6, 6.07) is 14.9. The number of nitrogens with zero attached hydrogens (tertiary/aromatic N) is 1. The molecule has 3 aromatic rings. The maximum Gasteiger partial charge on any atom is 0.339 e. The second-order valence-corrected chi connectivity index (χ2v) is 10.3. The quantitative estimate of drug-likeness (QED) is 0.173. The fourth-order valence-electron chi connectivity index (χ4n) is 3.42. The summed E-state index contributed by atoms with van der Waals surface area (Å²) in [5, 5.41) is 11.6. The van der Waals surface area contributed by atoms with Gasteiger partial charge in [0.05, 0.1) is 15.9 Å². The largest absolute Gasteiger partial charge is 0.508 e. The third kappa shape index (κ3) is 5.59. The van der Waals surface area contributed by atoms with Crippen molar-refractivity contribution in [3.63, 3.8) is 0 Å². The van der Waals surface area contributed by atoms with Crippen molar-refractivity contribution in [2.24, 2.45) is 0 Å². The molecule has 4 amide bonds. The van der Waals surface area contributed by atoms with Gasteiger partial charge >= 0.3 is 16.1 Å². The molecule has 4 rings (SSSR count). The van der Waals surface area contributed by atoms with Gasteiger partial charge < -0.3 is 14.0 Å². The van der Waals surface area contributed by atoms with E-state index in [1.54, 1.807) is 25.1 Å². The van der Waals surface area contributed by atoms with E-state index in [2.05, 4.69) is 5.32 Å². The zero-order valence-electron chi connectivity index (χ0n) is 19.2. The van der Waals surface area contributed by atoms with Crippen molar-refractivity contribution < 1.29 is 36.8 Å². The van der Waals surface area contributed by atoms with E-state index in [1.165, 1.54) is 54.6 Å². The number of ether oxygens (including phenoxy) is 1. The van der Waals surface area contributed by atoms with E-state index in [1.807, 2.05) is 22.6 Å². The van der Waals surface area contributed by atoms with E-state index in [-0.39, 0.29) is 40.0 Å². The number of nitrogens with one attached hydrogen (secondary N) is 1. The van der Waals surface area contributed by atoms with Crippen LogP contribution in [0, 0.1) is 3.57 Å². The molecule has 1 heterocycles. The van der Waals surface area contributed by atoms with E-state index in [9.17, 15) is 27.9 Å². The molecular formula is C25H19IN2O8S. The van der Waals surface area contributed by atoms with E-state index < -0.39 is 28.0 Å². The molecule has 1 fully saturated rings. The van der Waals surface area contributed by atoms with Crippen LogP contribution >= 0.6 is 22.6 Å². The fourth-order valence-corrected chi connectivity index (χ4v) is 5.28. The highest BCUT2D eigenvalue weighted by molar-refractivity contribution is 14.1. The highest BCUT2D eigenvalue weighted by Gasteiger charge is 2.37. The summed E-state index contributed by atoms with van der Waals surface area (Å²) in [5.41, 5.74) is 0.144. The normalized spacial score (nSPS) is 15.0. The smallest absolute Gasteiger partial charge is 0.339 e.